The fraction of sp³-hybridized carbons (Fsp3) is 0.200. The van der Waals surface area contributed by atoms with E-state index in [2.05, 4.69) is 80.4 Å². The van der Waals surface area contributed by atoms with Crippen LogP contribution in [0.4, 0.5) is 17.1 Å². The second-order valence-electron chi connectivity index (χ2n) is 9.68. The summed E-state index contributed by atoms with van der Waals surface area (Å²) in [5, 5.41) is 19.1. The van der Waals surface area contributed by atoms with Gasteiger partial charge >= 0.3 is 0 Å². The van der Waals surface area contributed by atoms with E-state index in [1.807, 2.05) is 54.6 Å². The number of anilines is 1. The lowest BCUT2D eigenvalue weighted by Gasteiger charge is -2.31. The minimum absolute atomic E-state index is 0.156. The normalized spacial score (nSPS) is 12.2. The molecular formula is C30H32N3O+. The summed E-state index contributed by atoms with van der Waals surface area (Å²) in [6.45, 7) is 8.65. The van der Waals surface area contributed by atoms with Gasteiger partial charge in [0.2, 0.25) is 0 Å². The fourth-order valence-corrected chi connectivity index (χ4v) is 4.29. The first kappa shape index (κ1) is 23.2. The predicted octanol–water partition coefficient (Wildman–Crippen LogP) is 6.12. The van der Waals surface area contributed by atoms with Gasteiger partial charge in [0.1, 0.15) is 5.69 Å². The molecule has 0 spiro atoms. The van der Waals surface area contributed by atoms with Gasteiger partial charge in [-0.15, -0.1) is 0 Å². The number of nitrogens with one attached hydrogen (secondary N) is 1. The lowest BCUT2D eigenvalue weighted by molar-refractivity contribution is -0.432. The SMILES string of the molecule is CC(C)(c1ccccc1)c1cc(N=[NH+]c2ccccc2N)c(O)c(C(C)(C)c2ccccc2)c1. The van der Waals surface area contributed by atoms with Crippen molar-refractivity contribution < 1.29 is 10.2 Å². The smallest absolute Gasteiger partial charge is 0.252 e. The minimum Gasteiger partial charge on any atom is -0.505 e. The molecule has 0 aromatic heterocycles. The third kappa shape index (κ3) is 4.44. The van der Waals surface area contributed by atoms with E-state index in [-0.39, 0.29) is 11.2 Å². The van der Waals surface area contributed by atoms with Crippen LogP contribution in [0.5, 0.6) is 5.75 Å². The molecule has 4 aromatic carbocycles. The molecule has 0 radical (unpaired) electrons. The number of nitrogen functional groups attached to an aromatic ring is 1. The summed E-state index contributed by atoms with van der Waals surface area (Å²) in [6.07, 6.45) is 0. The molecule has 0 amide bonds. The largest absolute Gasteiger partial charge is 0.505 e. The van der Waals surface area contributed by atoms with Crippen molar-refractivity contribution in [1.29, 1.82) is 0 Å². The van der Waals surface area contributed by atoms with E-state index in [9.17, 15) is 5.11 Å². The molecule has 0 fully saturated rings. The molecule has 0 aliphatic carbocycles. The van der Waals surface area contributed by atoms with E-state index in [0.29, 0.717) is 17.1 Å². The molecule has 0 saturated carbocycles. The van der Waals surface area contributed by atoms with Gasteiger partial charge in [-0.2, -0.15) is 0 Å². The van der Waals surface area contributed by atoms with Crippen molar-refractivity contribution in [2.75, 3.05) is 5.73 Å². The van der Waals surface area contributed by atoms with Crippen molar-refractivity contribution in [3.63, 3.8) is 0 Å². The van der Waals surface area contributed by atoms with E-state index in [0.717, 1.165) is 16.7 Å². The van der Waals surface area contributed by atoms with Crippen molar-refractivity contribution in [3.05, 3.63) is 119 Å². The number of azo groups is 1. The Bertz CT molecular complexity index is 1310. The Morgan fingerprint density at radius 3 is 1.79 bits per heavy atom. The summed E-state index contributed by atoms with van der Waals surface area (Å²) in [6, 6.07) is 32.2. The first-order valence-electron chi connectivity index (χ1n) is 11.5. The van der Waals surface area contributed by atoms with Crippen molar-refractivity contribution in [2.45, 2.75) is 38.5 Å². The molecule has 0 atom stereocenters. The van der Waals surface area contributed by atoms with Crippen LogP contribution < -0.4 is 10.8 Å². The number of phenolic OH excluding ortho intramolecular Hbond substituents is 1. The van der Waals surface area contributed by atoms with Crippen LogP contribution in [-0.4, -0.2) is 5.11 Å². The Balaban J connectivity index is 1.92. The highest BCUT2D eigenvalue weighted by atomic mass is 16.3. The van der Waals surface area contributed by atoms with Gasteiger partial charge in [0, 0.05) is 27.6 Å². The molecule has 4 aromatic rings. The Hall–Kier alpha value is -3.92. The van der Waals surface area contributed by atoms with Crippen LogP contribution in [0, 0.1) is 0 Å². The number of nitrogens with zero attached hydrogens (tertiary/aromatic N) is 1. The number of para-hydroxylation sites is 2. The van der Waals surface area contributed by atoms with Gasteiger partial charge in [-0.05, 0) is 28.8 Å². The molecule has 0 aliphatic heterocycles. The van der Waals surface area contributed by atoms with Crippen LogP contribution in [0.15, 0.2) is 102 Å². The number of nitrogens with two attached hydrogens (primary N) is 1. The molecule has 0 aliphatic rings. The summed E-state index contributed by atoms with van der Waals surface area (Å²) < 4.78 is 0. The van der Waals surface area contributed by atoms with Crippen LogP contribution in [-0.2, 0) is 10.8 Å². The molecule has 0 saturated heterocycles. The molecule has 172 valence electrons. The number of rotatable bonds is 6. The van der Waals surface area contributed by atoms with Crippen LogP contribution >= 0.6 is 0 Å². The average molecular weight is 451 g/mol. The van der Waals surface area contributed by atoms with E-state index in [4.69, 9.17) is 5.73 Å². The predicted molar refractivity (Wildman–Crippen MR) is 139 cm³/mol. The van der Waals surface area contributed by atoms with Crippen molar-refractivity contribution in [3.8, 4) is 5.75 Å². The van der Waals surface area contributed by atoms with Gasteiger partial charge in [-0.25, -0.2) is 0 Å². The maximum atomic E-state index is 11.4. The number of hydrogen-bond donors (Lipinski definition) is 3. The van der Waals surface area contributed by atoms with Gasteiger partial charge in [-0.3, -0.25) is 0 Å². The zero-order valence-corrected chi connectivity index (χ0v) is 20.2. The third-order valence-electron chi connectivity index (χ3n) is 6.73. The number of hydrogen-bond acceptors (Lipinski definition) is 3. The highest BCUT2D eigenvalue weighted by Crippen LogP contribution is 2.45. The summed E-state index contributed by atoms with van der Waals surface area (Å²) in [4.78, 5) is 0. The Morgan fingerprint density at radius 2 is 1.21 bits per heavy atom. The Kier molecular flexibility index (Phi) is 6.25. The van der Waals surface area contributed by atoms with Gasteiger partial charge in [-0.1, -0.05) is 112 Å². The van der Waals surface area contributed by atoms with Crippen LogP contribution in [0.25, 0.3) is 0 Å². The van der Waals surface area contributed by atoms with E-state index >= 15 is 0 Å². The molecule has 4 rings (SSSR count). The topological polar surface area (TPSA) is 72.6 Å². The van der Waals surface area contributed by atoms with Gasteiger partial charge < -0.3 is 10.8 Å². The summed E-state index contributed by atoms with van der Waals surface area (Å²) in [7, 11) is 0. The molecule has 4 heteroatoms. The first-order valence-corrected chi connectivity index (χ1v) is 11.5. The monoisotopic (exact) mass is 450 g/mol. The molecule has 34 heavy (non-hydrogen) atoms. The molecule has 4 nitrogen and oxygen atoms in total. The van der Waals surface area contributed by atoms with E-state index in [1.54, 1.807) is 0 Å². The Labute approximate surface area is 201 Å². The quantitative estimate of drug-likeness (QED) is 0.244. The fourth-order valence-electron chi connectivity index (χ4n) is 4.29. The van der Waals surface area contributed by atoms with Crippen molar-refractivity contribution in [2.24, 2.45) is 5.11 Å². The zero-order chi connectivity index (χ0) is 24.3. The molecular weight excluding hydrogens is 418 g/mol. The second kappa shape index (κ2) is 9.14. The number of benzene rings is 4. The third-order valence-corrected chi connectivity index (χ3v) is 6.73. The average Bonchev–Trinajstić information content (AvgIpc) is 2.85. The van der Waals surface area contributed by atoms with Crippen LogP contribution in [0.3, 0.4) is 0 Å². The second-order valence-corrected chi connectivity index (χ2v) is 9.68. The van der Waals surface area contributed by atoms with Crippen molar-refractivity contribution in [1.82, 2.24) is 0 Å². The maximum absolute atomic E-state index is 11.4. The van der Waals surface area contributed by atoms with Crippen LogP contribution in [0.2, 0.25) is 0 Å². The van der Waals surface area contributed by atoms with E-state index < -0.39 is 5.41 Å². The summed E-state index contributed by atoms with van der Waals surface area (Å²) in [5.74, 6) is 0.156. The lowest BCUT2D eigenvalue weighted by atomic mass is 9.72. The number of phenols is 1. The van der Waals surface area contributed by atoms with Crippen LogP contribution in [0.1, 0.15) is 49.9 Å². The molecule has 4 N–H and O–H groups in total. The van der Waals surface area contributed by atoms with E-state index in [1.165, 1.54) is 5.56 Å². The van der Waals surface area contributed by atoms with Crippen molar-refractivity contribution >= 4 is 17.1 Å². The number of aromatic hydroxyl groups is 1. The lowest BCUT2D eigenvalue weighted by Crippen LogP contribution is -2.57. The summed E-state index contributed by atoms with van der Waals surface area (Å²) >= 11 is 0. The minimum atomic E-state index is -0.440. The molecule has 0 unspecified atom stereocenters. The highest BCUT2D eigenvalue weighted by Gasteiger charge is 2.32. The first-order chi connectivity index (χ1) is 16.2. The summed E-state index contributed by atoms with van der Waals surface area (Å²) in [5.41, 5.74) is 11.3. The van der Waals surface area contributed by atoms with Gasteiger partial charge in [0.05, 0.1) is 0 Å². The van der Waals surface area contributed by atoms with Gasteiger partial charge in [0.15, 0.2) is 11.4 Å². The standard InChI is InChI=1S/C30H31N3O/c1-29(2,21-13-7-5-8-14-21)23-19-24(30(3,4)22-15-9-6-10-16-22)28(34)27(20-23)33-32-26-18-12-11-17-25(26)31/h5-20,34H,31H2,1-4H3/p+1. The highest BCUT2D eigenvalue weighted by molar-refractivity contribution is 5.63. The molecule has 0 bridgehead atoms. The maximum Gasteiger partial charge on any atom is 0.252 e. The Morgan fingerprint density at radius 1 is 0.676 bits per heavy atom. The van der Waals surface area contributed by atoms with Gasteiger partial charge in [0.25, 0.3) is 5.69 Å². The molecule has 0 heterocycles. The zero-order valence-electron chi connectivity index (χ0n) is 20.2.